The van der Waals surface area contributed by atoms with Gasteiger partial charge < -0.3 is 15.0 Å². The van der Waals surface area contributed by atoms with E-state index < -0.39 is 12.1 Å². The van der Waals surface area contributed by atoms with Gasteiger partial charge in [0.15, 0.2) is 0 Å². The number of rotatable bonds is 8. The molecule has 0 aliphatic rings. The van der Waals surface area contributed by atoms with E-state index in [9.17, 15) is 9.59 Å². The average molecular weight is 491 g/mol. The van der Waals surface area contributed by atoms with Crippen molar-refractivity contribution in [3.63, 3.8) is 0 Å². The molecule has 0 saturated carbocycles. The minimum atomic E-state index is -0.912. The third-order valence-electron chi connectivity index (χ3n) is 5.91. The number of para-hydroxylation sites is 4. The number of aromatic nitrogens is 1. The van der Waals surface area contributed by atoms with Gasteiger partial charge in [-0.25, -0.2) is 4.79 Å². The molecule has 1 atom stereocenters. The highest BCUT2D eigenvalue weighted by molar-refractivity contribution is 5.90. The van der Waals surface area contributed by atoms with E-state index in [1.807, 2.05) is 97.2 Å². The van der Waals surface area contributed by atoms with E-state index in [2.05, 4.69) is 15.7 Å². The predicted molar refractivity (Wildman–Crippen MR) is 145 cm³/mol. The lowest BCUT2D eigenvalue weighted by atomic mass is 10.0. The summed E-state index contributed by atoms with van der Waals surface area (Å²) in [4.78, 5) is 29.8. The van der Waals surface area contributed by atoms with Crippen LogP contribution in [0.3, 0.4) is 0 Å². The fourth-order valence-electron chi connectivity index (χ4n) is 4.12. The Labute approximate surface area is 214 Å². The van der Waals surface area contributed by atoms with E-state index in [-0.39, 0.29) is 12.3 Å². The van der Waals surface area contributed by atoms with Crippen LogP contribution in [0.4, 0.5) is 16.2 Å². The normalized spacial score (nSPS) is 11.5. The summed E-state index contributed by atoms with van der Waals surface area (Å²) in [6.45, 7) is 0. The molecule has 5 rings (SSSR count). The van der Waals surface area contributed by atoms with E-state index in [0.717, 1.165) is 27.8 Å². The molecule has 184 valence electrons. The first-order valence-electron chi connectivity index (χ1n) is 12.0. The fourth-order valence-corrected chi connectivity index (χ4v) is 4.12. The summed E-state index contributed by atoms with van der Waals surface area (Å²) in [5.41, 5.74) is 6.41. The number of hydrogen-bond donors (Lipinski definition) is 3. The molecular formula is C30H26N4O3. The third-order valence-corrected chi connectivity index (χ3v) is 5.91. The van der Waals surface area contributed by atoms with Crippen molar-refractivity contribution >= 4 is 34.3 Å². The maximum absolute atomic E-state index is 13.7. The first-order valence-corrected chi connectivity index (χ1v) is 12.0. The van der Waals surface area contributed by atoms with Crippen molar-refractivity contribution in [2.24, 2.45) is 0 Å². The summed E-state index contributed by atoms with van der Waals surface area (Å²) in [6, 6.07) is 34.7. The number of nitrogens with zero attached hydrogens (tertiary/aromatic N) is 1. The Morgan fingerprint density at radius 1 is 0.757 bits per heavy atom. The maximum atomic E-state index is 13.7. The van der Waals surface area contributed by atoms with E-state index >= 15 is 0 Å². The molecule has 0 fully saturated rings. The number of H-pyrrole nitrogens is 1. The molecule has 3 N–H and O–H groups in total. The van der Waals surface area contributed by atoms with Gasteiger partial charge in [0.1, 0.15) is 11.8 Å². The van der Waals surface area contributed by atoms with Crippen LogP contribution in [0.15, 0.2) is 121 Å². The summed E-state index contributed by atoms with van der Waals surface area (Å²) in [7, 11) is 0. The first-order chi connectivity index (χ1) is 18.2. The summed E-state index contributed by atoms with van der Waals surface area (Å²) in [6.07, 6.45) is 1.41. The fraction of sp³-hybridized carbons (Fsp3) is 0.0667. The minimum Gasteiger partial charge on any atom is -0.410 e. The predicted octanol–water partition coefficient (Wildman–Crippen LogP) is 5.74. The summed E-state index contributed by atoms with van der Waals surface area (Å²) < 4.78 is 5.42. The lowest BCUT2D eigenvalue weighted by Gasteiger charge is -2.28. The number of anilines is 2. The maximum Gasteiger partial charge on any atom is 0.413 e. The van der Waals surface area contributed by atoms with Gasteiger partial charge in [-0.15, -0.1) is 0 Å². The van der Waals surface area contributed by atoms with Crippen LogP contribution in [-0.2, 0) is 11.2 Å². The Morgan fingerprint density at radius 3 is 1.97 bits per heavy atom. The van der Waals surface area contributed by atoms with Crippen molar-refractivity contribution in [3.8, 4) is 5.75 Å². The number of fused-ring (bicyclic) bond motifs is 1. The van der Waals surface area contributed by atoms with Crippen molar-refractivity contribution in [1.29, 1.82) is 0 Å². The Kier molecular flexibility index (Phi) is 7.13. The van der Waals surface area contributed by atoms with Crippen molar-refractivity contribution in [2.75, 3.05) is 5.01 Å². The van der Waals surface area contributed by atoms with E-state index in [0.29, 0.717) is 5.75 Å². The molecule has 1 aromatic heterocycles. The van der Waals surface area contributed by atoms with Crippen LogP contribution in [0.25, 0.3) is 10.9 Å². The molecule has 2 amide bonds. The zero-order valence-electron chi connectivity index (χ0n) is 20.0. The number of amides is 2. The second kappa shape index (κ2) is 11.1. The van der Waals surface area contributed by atoms with Gasteiger partial charge in [-0.2, -0.15) is 0 Å². The highest BCUT2D eigenvalue weighted by Gasteiger charge is 2.26. The van der Waals surface area contributed by atoms with Crippen molar-refractivity contribution in [1.82, 2.24) is 15.7 Å². The lowest BCUT2D eigenvalue weighted by Crippen LogP contribution is -2.52. The van der Waals surface area contributed by atoms with Gasteiger partial charge >= 0.3 is 6.09 Å². The molecule has 0 unspecified atom stereocenters. The van der Waals surface area contributed by atoms with Crippen LogP contribution in [0.2, 0.25) is 0 Å². The Morgan fingerprint density at radius 2 is 1.32 bits per heavy atom. The zero-order chi connectivity index (χ0) is 25.5. The highest BCUT2D eigenvalue weighted by Crippen LogP contribution is 2.23. The monoisotopic (exact) mass is 490 g/mol. The first kappa shape index (κ1) is 23.7. The minimum absolute atomic E-state index is 0.261. The topological polar surface area (TPSA) is 86.5 Å². The standard InChI is InChI=1S/C30H26N4O3/c35-29(33-34(23-12-4-1-5-13-23)24-14-6-2-7-15-24)28(32-30(36)37-25-16-8-3-9-17-25)20-22-21-31-27-19-11-10-18-26(22)27/h1-19,21,28,31H,20H2,(H,32,36)(H,33,35)/t28-/m0/s1. The van der Waals surface area contributed by atoms with Crippen molar-refractivity contribution in [2.45, 2.75) is 12.5 Å². The van der Waals surface area contributed by atoms with Gasteiger partial charge in [0, 0.05) is 23.5 Å². The molecule has 0 saturated heterocycles. The van der Waals surface area contributed by atoms with E-state index in [1.165, 1.54) is 0 Å². The molecule has 0 bridgehead atoms. The Hall–Kier alpha value is -5.04. The average Bonchev–Trinajstić information content (AvgIpc) is 3.35. The summed E-state index contributed by atoms with van der Waals surface area (Å²) in [5.74, 6) is 0.00412. The van der Waals surface area contributed by atoms with Gasteiger partial charge in [-0.3, -0.25) is 15.2 Å². The van der Waals surface area contributed by atoms with Gasteiger partial charge in [0.2, 0.25) is 0 Å². The van der Waals surface area contributed by atoms with Crippen LogP contribution >= 0.6 is 0 Å². The van der Waals surface area contributed by atoms with Gasteiger partial charge in [0.05, 0.1) is 11.4 Å². The summed E-state index contributed by atoms with van der Waals surface area (Å²) in [5, 5.41) is 5.45. The zero-order valence-corrected chi connectivity index (χ0v) is 20.0. The molecular weight excluding hydrogens is 464 g/mol. The number of carbonyl (C=O) groups is 2. The third kappa shape index (κ3) is 5.79. The van der Waals surface area contributed by atoms with Crippen LogP contribution in [0.1, 0.15) is 5.56 Å². The molecule has 37 heavy (non-hydrogen) atoms. The van der Waals surface area contributed by atoms with Gasteiger partial charge in [0.25, 0.3) is 5.91 Å². The van der Waals surface area contributed by atoms with Crippen molar-refractivity contribution in [3.05, 3.63) is 127 Å². The number of hydrazine groups is 1. The second-order valence-corrected chi connectivity index (χ2v) is 8.45. The molecule has 7 heteroatoms. The Balaban J connectivity index is 1.42. The molecule has 7 nitrogen and oxygen atoms in total. The molecule has 1 heterocycles. The number of ether oxygens (including phenoxy) is 1. The number of hydrogen-bond acceptors (Lipinski definition) is 4. The molecule has 0 aliphatic heterocycles. The number of aromatic amines is 1. The molecule has 0 radical (unpaired) electrons. The van der Waals surface area contributed by atoms with Gasteiger partial charge in [-0.05, 0) is 48.0 Å². The largest absolute Gasteiger partial charge is 0.413 e. The van der Waals surface area contributed by atoms with Gasteiger partial charge in [-0.1, -0.05) is 72.8 Å². The summed E-state index contributed by atoms with van der Waals surface area (Å²) >= 11 is 0. The van der Waals surface area contributed by atoms with Crippen LogP contribution < -0.4 is 20.5 Å². The molecule has 4 aromatic carbocycles. The number of benzene rings is 4. The number of carbonyl (C=O) groups excluding carboxylic acids is 2. The SMILES string of the molecule is O=C(N[C@@H](Cc1c[nH]c2ccccc12)C(=O)NN(c1ccccc1)c1ccccc1)Oc1ccccc1. The van der Waals surface area contributed by atoms with Crippen LogP contribution in [0.5, 0.6) is 5.75 Å². The molecule has 0 spiro atoms. The van der Waals surface area contributed by atoms with Crippen LogP contribution in [0, 0.1) is 0 Å². The van der Waals surface area contributed by atoms with Crippen LogP contribution in [-0.4, -0.2) is 23.0 Å². The quantitative estimate of drug-likeness (QED) is 0.242. The second-order valence-electron chi connectivity index (χ2n) is 8.45. The Bertz CT molecular complexity index is 1430. The highest BCUT2D eigenvalue weighted by atomic mass is 16.6. The molecule has 5 aromatic rings. The molecule has 0 aliphatic carbocycles. The van der Waals surface area contributed by atoms with E-state index in [1.54, 1.807) is 29.3 Å². The number of nitrogens with one attached hydrogen (secondary N) is 3. The van der Waals surface area contributed by atoms with Crippen molar-refractivity contribution < 1.29 is 14.3 Å². The lowest BCUT2D eigenvalue weighted by molar-refractivity contribution is -0.123. The van der Waals surface area contributed by atoms with E-state index in [4.69, 9.17) is 4.74 Å². The smallest absolute Gasteiger partial charge is 0.410 e.